The maximum Gasteiger partial charge on any atom is 0.286 e. The minimum atomic E-state index is -0.209. The molecule has 0 bridgehead atoms. The fourth-order valence-corrected chi connectivity index (χ4v) is 3.77. The van der Waals surface area contributed by atoms with Crippen molar-refractivity contribution in [3.63, 3.8) is 0 Å². The lowest BCUT2D eigenvalue weighted by molar-refractivity contribution is 0.102. The number of amides is 1. The topological polar surface area (TPSA) is 58.1 Å². The van der Waals surface area contributed by atoms with Gasteiger partial charge in [0.15, 0.2) is 0 Å². The van der Waals surface area contributed by atoms with Crippen LogP contribution in [0.3, 0.4) is 0 Å². The number of fused-ring (bicyclic) bond motifs is 1. The van der Waals surface area contributed by atoms with E-state index < -0.39 is 0 Å². The minimum Gasteiger partial charge on any atom is -0.320 e. The van der Waals surface area contributed by atoms with E-state index in [1.165, 1.54) is 22.5 Å². The Bertz CT molecular complexity index is 878. The van der Waals surface area contributed by atoms with Gasteiger partial charge in [-0.15, -0.1) is 10.2 Å². The van der Waals surface area contributed by atoms with Crippen LogP contribution in [0, 0.1) is 0 Å². The van der Waals surface area contributed by atoms with Crippen LogP contribution in [0.15, 0.2) is 54.6 Å². The summed E-state index contributed by atoms with van der Waals surface area (Å²) in [5.74, 6) is -0.209. The molecule has 126 valence electrons. The molecule has 1 N–H and O–H groups in total. The Labute approximate surface area is 150 Å². The van der Waals surface area contributed by atoms with Gasteiger partial charge in [0.1, 0.15) is 5.01 Å². The summed E-state index contributed by atoms with van der Waals surface area (Å²) in [6.45, 7) is 2.65. The number of benzene rings is 2. The third kappa shape index (κ3) is 3.75. The van der Waals surface area contributed by atoms with Crippen molar-refractivity contribution < 1.29 is 4.79 Å². The fourth-order valence-electron chi connectivity index (χ4n) is 3.00. The molecule has 0 unspecified atom stereocenters. The van der Waals surface area contributed by atoms with Crippen molar-refractivity contribution in [3.05, 3.63) is 75.7 Å². The smallest absolute Gasteiger partial charge is 0.286 e. The molecule has 0 aliphatic carbocycles. The monoisotopic (exact) mass is 350 g/mol. The maximum atomic E-state index is 12.3. The summed E-state index contributed by atoms with van der Waals surface area (Å²) in [5, 5.41) is 12.4. The second kappa shape index (κ2) is 7.13. The molecule has 25 heavy (non-hydrogen) atoms. The van der Waals surface area contributed by atoms with Crippen molar-refractivity contribution in [2.45, 2.75) is 19.5 Å². The first-order valence-electron chi connectivity index (χ1n) is 8.26. The number of carbonyl (C=O) groups excluding carboxylic acids is 1. The van der Waals surface area contributed by atoms with Gasteiger partial charge < -0.3 is 5.32 Å². The van der Waals surface area contributed by atoms with Crippen LogP contribution in [0.1, 0.15) is 25.9 Å². The van der Waals surface area contributed by atoms with Gasteiger partial charge >= 0.3 is 0 Å². The molecule has 0 saturated carbocycles. The minimum absolute atomic E-state index is 0.209. The fraction of sp³-hybridized carbons (Fsp3) is 0.211. The number of carbonyl (C=O) groups is 1. The van der Waals surface area contributed by atoms with E-state index in [0.717, 1.165) is 36.8 Å². The van der Waals surface area contributed by atoms with Gasteiger partial charge in [0.05, 0.1) is 6.54 Å². The Morgan fingerprint density at radius 1 is 1.04 bits per heavy atom. The molecule has 1 aliphatic heterocycles. The molecule has 2 heterocycles. The normalized spacial score (nSPS) is 14.1. The second-order valence-corrected chi connectivity index (χ2v) is 7.11. The lowest BCUT2D eigenvalue weighted by atomic mass is 10.0. The van der Waals surface area contributed by atoms with Crippen molar-refractivity contribution >= 4 is 22.9 Å². The van der Waals surface area contributed by atoms with Crippen LogP contribution in [0.2, 0.25) is 0 Å². The van der Waals surface area contributed by atoms with Crippen LogP contribution in [-0.4, -0.2) is 27.5 Å². The highest BCUT2D eigenvalue weighted by Gasteiger charge is 2.19. The van der Waals surface area contributed by atoms with Crippen molar-refractivity contribution in [1.82, 2.24) is 15.1 Å². The molecule has 1 aliphatic rings. The highest BCUT2D eigenvalue weighted by molar-refractivity contribution is 7.13. The Morgan fingerprint density at radius 3 is 2.64 bits per heavy atom. The lowest BCUT2D eigenvalue weighted by Gasteiger charge is -2.27. The van der Waals surface area contributed by atoms with Gasteiger partial charge in [-0.1, -0.05) is 53.8 Å². The summed E-state index contributed by atoms with van der Waals surface area (Å²) in [6, 6.07) is 17.9. The van der Waals surface area contributed by atoms with Gasteiger partial charge in [0, 0.05) is 18.8 Å². The summed E-state index contributed by atoms with van der Waals surface area (Å²) in [5.41, 5.74) is 3.57. The lowest BCUT2D eigenvalue weighted by Crippen LogP contribution is -2.29. The molecule has 6 heteroatoms. The largest absolute Gasteiger partial charge is 0.320 e. The average molecular weight is 350 g/mol. The third-order valence-corrected chi connectivity index (χ3v) is 5.17. The summed E-state index contributed by atoms with van der Waals surface area (Å²) >= 11 is 1.36. The highest BCUT2D eigenvalue weighted by atomic mass is 32.1. The zero-order valence-corrected chi connectivity index (χ0v) is 14.5. The number of anilines is 1. The van der Waals surface area contributed by atoms with Crippen molar-refractivity contribution in [3.8, 4) is 0 Å². The highest BCUT2D eigenvalue weighted by Crippen LogP contribution is 2.21. The summed E-state index contributed by atoms with van der Waals surface area (Å²) in [6.07, 6.45) is 1.05. The van der Waals surface area contributed by atoms with E-state index in [9.17, 15) is 4.79 Å². The predicted octanol–water partition coefficient (Wildman–Crippen LogP) is 3.35. The van der Waals surface area contributed by atoms with Crippen LogP contribution in [0.5, 0.6) is 0 Å². The Balaban J connectivity index is 1.39. The number of hydrogen-bond donors (Lipinski definition) is 1. The first kappa shape index (κ1) is 15.9. The summed E-state index contributed by atoms with van der Waals surface area (Å²) in [7, 11) is 0. The molecule has 0 fully saturated rings. The number of hydrogen-bond acceptors (Lipinski definition) is 5. The Morgan fingerprint density at radius 2 is 1.80 bits per heavy atom. The van der Waals surface area contributed by atoms with E-state index in [1.807, 2.05) is 30.3 Å². The van der Waals surface area contributed by atoms with E-state index in [0.29, 0.717) is 5.01 Å². The number of nitrogens with zero attached hydrogens (tertiary/aromatic N) is 3. The maximum absolute atomic E-state index is 12.3. The molecule has 3 aromatic rings. The average Bonchev–Trinajstić information content (AvgIpc) is 3.11. The van der Waals surface area contributed by atoms with Crippen molar-refractivity contribution in [2.24, 2.45) is 0 Å². The summed E-state index contributed by atoms with van der Waals surface area (Å²) in [4.78, 5) is 14.6. The van der Waals surface area contributed by atoms with Gasteiger partial charge in [0.2, 0.25) is 5.01 Å². The van der Waals surface area contributed by atoms with E-state index in [1.54, 1.807) is 0 Å². The Kier molecular flexibility index (Phi) is 4.54. The van der Waals surface area contributed by atoms with Crippen LogP contribution in [0.4, 0.5) is 5.69 Å². The number of aromatic nitrogens is 2. The molecule has 4 rings (SSSR count). The van der Waals surface area contributed by atoms with E-state index >= 15 is 0 Å². The van der Waals surface area contributed by atoms with Gasteiger partial charge in [-0.2, -0.15) is 0 Å². The van der Waals surface area contributed by atoms with Crippen LogP contribution >= 0.6 is 11.3 Å². The molecule has 0 spiro atoms. The zero-order valence-electron chi connectivity index (χ0n) is 13.7. The number of rotatable bonds is 4. The van der Waals surface area contributed by atoms with Gasteiger partial charge in [-0.3, -0.25) is 9.69 Å². The van der Waals surface area contributed by atoms with Crippen molar-refractivity contribution in [1.29, 1.82) is 0 Å². The molecule has 2 aromatic carbocycles. The van der Waals surface area contributed by atoms with E-state index in [2.05, 4.69) is 44.7 Å². The quantitative estimate of drug-likeness (QED) is 0.784. The van der Waals surface area contributed by atoms with Crippen LogP contribution < -0.4 is 5.32 Å². The van der Waals surface area contributed by atoms with Crippen molar-refractivity contribution in [2.75, 3.05) is 11.9 Å². The standard InChI is InChI=1S/C19H18N4OS/c24-18(20-16-8-2-1-3-9-16)19-22-21-17(25-19)13-23-11-10-14-6-4-5-7-15(14)12-23/h1-9H,10-13H2,(H,20,24). The molecular weight excluding hydrogens is 332 g/mol. The molecule has 1 amide bonds. The second-order valence-electron chi connectivity index (χ2n) is 6.05. The molecule has 0 saturated heterocycles. The third-order valence-electron chi connectivity index (χ3n) is 4.26. The number of para-hydroxylation sites is 1. The zero-order chi connectivity index (χ0) is 17.1. The Hall–Kier alpha value is -2.57. The molecule has 5 nitrogen and oxygen atoms in total. The first-order chi connectivity index (χ1) is 12.3. The van der Waals surface area contributed by atoms with E-state index in [4.69, 9.17) is 0 Å². The molecule has 0 atom stereocenters. The van der Waals surface area contributed by atoms with Crippen LogP contribution in [0.25, 0.3) is 0 Å². The van der Waals surface area contributed by atoms with Crippen LogP contribution in [-0.2, 0) is 19.5 Å². The van der Waals surface area contributed by atoms with E-state index in [-0.39, 0.29) is 5.91 Å². The molecule has 0 radical (unpaired) electrons. The predicted molar refractivity (Wildman–Crippen MR) is 98.6 cm³/mol. The summed E-state index contributed by atoms with van der Waals surface area (Å²) < 4.78 is 0. The SMILES string of the molecule is O=C(Nc1ccccc1)c1nnc(CN2CCc3ccccc3C2)s1. The van der Waals surface area contributed by atoms with Gasteiger partial charge in [-0.25, -0.2) is 0 Å². The van der Waals surface area contributed by atoms with Gasteiger partial charge in [-0.05, 0) is 29.7 Å². The first-order valence-corrected chi connectivity index (χ1v) is 9.07. The van der Waals surface area contributed by atoms with Gasteiger partial charge in [0.25, 0.3) is 5.91 Å². The number of nitrogens with one attached hydrogen (secondary N) is 1. The molecule has 1 aromatic heterocycles. The molecular formula is C19H18N4OS.